The number of nitrogens with one attached hydrogen (secondary N) is 2. The molecule has 136 valence electrons. The number of rotatable bonds is 4. The molecule has 6 heteroatoms. The van der Waals surface area contributed by atoms with E-state index in [1.54, 1.807) is 24.3 Å². The van der Waals surface area contributed by atoms with Crippen LogP contribution in [0.2, 0.25) is 0 Å². The summed E-state index contributed by atoms with van der Waals surface area (Å²) in [5.41, 5.74) is 7.18. The van der Waals surface area contributed by atoms with Crippen LogP contribution in [-0.2, 0) is 4.79 Å². The molecule has 3 rings (SSSR count). The fraction of sp³-hybridized carbons (Fsp3) is 0.300. The lowest BCUT2D eigenvalue weighted by Crippen LogP contribution is -2.24. The van der Waals surface area contributed by atoms with Crippen LogP contribution in [0.3, 0.4) is 0 Å². The van der Waals surface area contributed by atoms with Crippen LogP contribution in [0.15, 0.2) is 42.5 Å². The van der Waals surface area contributed by atoms with E-state index in [4.69, 9.17) is 5.73 Å². The summed E-state index contributed by atoms with van der Waals surface area (Å²) < 4.78 is 13.3. The van der Waals surface area contributed by atoms with Crippen LogP contribution in [0.1, 0.15) is 42.5 Å². The van der Waals surface area contributed by atoms with Crippen molar-refractivity contribution in [2.45, 2.75) is 32.1 Å². The molecule has 1 saturated carbocycles. The van der Waals surface area contributed by atoms with Crippen molar-refractivity contribution in [2.24, 2.45) is 5.92 Å². The van der Waals surface area contributed by atoms with Gasteiger partial charge in [-0.05, 0) is 49.2 Å². The lowest BCUT2D eigenvalue weighted by atomic mass is 9.88. The highest BCUT2D eigenvalue weighted by atomic mass is 19.1. The number of nitrogen functional groups attached to an aromatic ring is 1. The van der Waals surface area contributed by atoms with E-state index in [9.17, 15) is 14.0 Å². The largest absolute Gasteiger partial charge is 0.397 e. The summed E-state index contributed by atoms with van der Waals surface area (Å²) in [6.07, 6.45) is 5.16. The molecule has 0 unspecified atom stereocenters. The van der Waals surface area contributed by atoms with Gasteiger partial charge in [0.2, 0.25) is 5.91 Å². The molecule has 0 radical (unpaired) electrons. The Balaban J connectivity index is 1.69. The molecular weight excluding hydrogens is 333 g/mol. The quantitative estimate of drug-likeness (QED) is 0.719. The Morgan fingerprint density at radius 3 is 2.54 bits per heavy atom. The zero-order valence-corrected chi connectivity index (χ0v) is 14.4. The Morgan fingerprint density at radius 1 is 1.00 bits per heavy atom. The maximum atomic E-state index is 13.3. The molecule has 0 aromatic heterocycles. The molecule has 26 heavy (non-hydrogen) atoms. The molecule has 0 heterocycles. The smallest absolute Gasteiger partial charge is 0.255 e. The van der Waals surface area contributed by atoms with E-state index < -0.39 is 11.7 Å². The Kier molecular flexibility index (Phi) is 5.51. The first-order chi connectivity index (χ1) is 12.5. The fourth-order valence-corrected chi connectivity index (χ4v) is 3.18. The van der Waals surface area contributed by atoms with Crippen molar-refractivity contribution >= 4 is 28.9 Å². The van der Waals surface area contributed by atoms with Crippen LogP contribution in [0.5, 0.6) is 0 Å². The van der Waals surface area contributed by atoms with Crippen molar-refractivity contribution in [1.29, 1.82) is 0 Å². The van der Waals surface area contributed by atoms with Gasteiger partial charge in [0.15, 0.2) is 0 Å². The molecule has 1 aliphatic carbocycles. The van der Waals surface area contributed by atoms with Gasteiger partial charge in [0.1, 0.15) is 5.82 Å². The number of anilines is 3. The summed E-state index contributed by atoms with van der Waals surface area (Å²) >= 11 is 0. The van der Waals surface area contributed by atoms with Crippen molar-refractivity contribution in [3.63, 3.8) is 0 Å². The predicted octanol–water partition coefficient (Wildman–Crippen LogP) is 4.18. The highest BCUT2D eigenvalue weighted by Gasteiger charge is 2.21. The molecule has 0 saturated heterocycles. The van der Waals surface area contributed by atoms with Crippen LogP contribution < -0.4 is 16.4 Å². The van der Waals surface area contributed by atoms with Gasteiger partial charge in [0.25, 0.3) is 5.91 Å². The number of hydrogen-bond donors (Lipinski definition) is 3. The van der Waals surface area contributed by atoms with E-state index >= 15 is 0 Å². The maximum absolute atomic E-state index is 13.3. The molecule has 2 amide bonds. The molecule has 4 N–H and O–H groups in total. The van der Waals surface area contributed by atoms with Crippen LogP contribution in [-0.4, -0.2) is 11.8 Å². The highest BCUT2D eigenvalue weighted by Crippen LogP contribution is 2.25. The molecule has 2 aromatic carbocycles. The number of benzene rings is 2. The number of hydrogen-bond acceptors (Lipinski definition) is 3. The van der Waals surface area contributed by atoms with Crippen LogP contribution in [0, 0.1) is 11.7 Å². The van der Waals surface area contributed by atoms with Crippen LogP contribution in [0.4, 0.5) is 21.5 Å². The fourth-order valence-electron chi connectivity index (χ4n) is 3.18. The average Bonchev–Trinajstić information content (AvgIpc) is 2.65. The first-order valence-corrected chi connectivity index (χ1v) is 8.80. The molecule has 1 fully saturated rings. The van der Waals surface area contributed by atoms with E-state index in [0.29, 0.717) is 11.3 Å². The zero-order valence-electron chi connectivity index (χ0n) is 14.4. The zero-order chi connectivity index (χ0) is 18.5. The third-order valence-electron chi connectivity index (χ3n) is 4.63. The second-order valence-corrected chi connectivity index (χ2v) is 6.59. The van der Waals surface area contributed by atoms with Gasteiger partial charge in [-0.25, -0.2) is 4.39 Å². The van der Waals surface area contributed by atoms with Crippen molar-refractivity contribution < 1.29 is 14.0 Å². The van der Waals surface area contributed by atoms with Crippen LogP contribution >= 0.6 is 0 Å². The minimum absolute atomic E-state index is 0.00312. The second-order valence-electron chi connectivity index (χ2n) is 6.59. The monoisotopic (exact) mass is 355 g/mol. The first kappa shape index (κ1) is 17.9. The second kappa shape index (κ2) is 7.99. The molecule has 0 bridgehead atoms. The summed E-state index contributed by atoms with van der Waals surface area (Å²) in [4.78, 5) is 24.8. The van der Waals surface area contributed by atoms with Crippen molar-refractivity contribution in [1.82, 2.24) is 0 Å². The van der Waals surface area contributed by atoms with E-state index in [1.807, 2.05) is 0 Å². The van der Waals surface area contributed by atoms with Gasteiger partial charge in [0.05, 0.1) is 11.4 Å². The van der Waals surface area contributed by atoms with Crippen molar-refractivity contribution in [2.75, 3.05) is 16.4 Å². The van der Waals surface area contributed by atoms with Gasteiger partial charge in [0, 0.05) is 17.2 Å². The normalized spacial score (nSPS) is 14.7. The predicted molar refractivity (Wildman–Crippen MR) is 100 cm³/mol. The summed E-state index contributed by atoms with van der Waals surface area (Å²) in [6.45, 7) is 0. The molecule has 5 nitrogen and oxygen atoms in total. The lowest BCUT2D eigenvalue weighted by Gasteiger charge is -2.20. The third kappa shape index (κ3) is 4.39. The number of nitrogens with two attached hydrogens (primary N) is 1. The Morgan fingerprint density at radius 2 is 1.77 bits per heavy atom. The van der Waals surface area contributed by atoms with E-state index in [0.717, 1.165) is 25.7 Å². The number of halogens is 1. The summed E-state index contributed by atoms with van der Waals surface area (Å²) in [5, 5.41) is 5.48. The Bertz CT molecular complexity index is 816. The number of carbonyl (C=O) groups is 2. The minimum Gasteiger partial charge on any atom is -0.397 e. The highest BCUT2D eigenvalue weighted by molar-refractivity contribution is 6.06. The van der Waals surface area contributed by atoms with E-state index in [-0.39, 0.29) is 23.2 Å². The first-order valence-electron chi connectivity index (χ1n) is 8.80. The van der Waals surface area contributed by atoms with Gasteiger partial charge in [-0.1, -0.05) is 25.3 Å². The Labute approximate surface area is 151 Å². The van der Waals surface area contributed by atoms with Gasteiger partial charge in [-0.3, -0.25) is 9.59 Å². The molecule has 0 aliphatic heterocycles. The van der Waals surface area contributed by atoms with Gasteiger partial charge >= 0.3 is 0 Å². The van der Waals surface area contributed by atoms with Crippen molar-refractivity contribution in [3.05, 3.63) is 53.8 Å². The summed E-state index contributed by atoms with van der Waals surface area (Å²) in [5.74, 6) is -0.871. The van der Waals surface area contributed by atoms with Crippen molar-refractivity contribution in [3.8, 4) is 0 Å². The summed E-state index contributed by atoms with van der Waals surface area (Å²) in [7, 11) is 0. The SMILES string of the molecule is Nc1ccc(F)cc1NC(=O)c1cccc(NC(=O)C2CCCCC2)c1. The topological polar surface area (TPSA) is 84.2 Å². The van der Waals surface area contributed by atoms with Crippen LogP contribution in [0.25, 0.3) is 0 Å². The number of carbonyl (C=O) groups excluding carboxylic acids is 2. The molecular formula is C20H22FN3O2. The number of amides is 2. The maximum Gasteiger partial charge on any atom is 0.255 e. The van der Waals surface area contributed by atoms with Gasteiger partial charge in [-0.2, -0.15) is 0 Å². The molecule has 2 aromatic rings. The van der Waals surface area contributed by atoms with E-state index in [1.165, 1.54) is 24.6 Å². The van der Waals surface area contributed by atoms with Gasteiger partial charge in [-0.15, -0.1) is 0 Å². The van der Waals surface area contributed by atoms with E-state index in [2.05, 4.69) is 10.6 Å². The average molecular weight is 355 g/mol. The lowest BCUT2D eigenvalue weighted by molar-refractivity contribution is -0.120. The molecule has 0 atom stereocenters. The summed E-state index contributed by atoms with van der Waals surface area (Å²) in [6, 6.07) is 10.5. The third-order valence-corrected chi connectivity index (χ3v) is 4.63. The Hall–Kier alpha value is -2.89. The standard InChI is InChI=1S/C20H22FN3O2/c21-15-9-10-17(22)18(12-15)24-20(26)14-7-4-8-16(11-14)23-19(25)13-5-2-1-3-6-13/h4,7-13H,1-3,5-6,22H2,(H,23,25)(H,24,26). The molecule has 1 aliphatic rings. The van der Waals surface area contributed by atoms with Gasteiger partial charge < -0.3 is 16.4 Å². The molecule has 0 spiro atoms. The minimum atomic E-state index is -0.483.